The molecule has 4 heteroatoms. The molecule has 0 unspecified atom stereocenters. The lowest BCUT2D eigenvalue weighted by Gasteiger charge is -2.19. The van der Waals surface area contributed by atoms with Crippen LogP contribution in [0.2, 0.25) is 0 Å². The Balaban J connectivity index is 2.80. The normalized spacial score (nSPS) is 9.88. The molecule has 1 amide bonds. The van der Waals surface area contributed by atoms with Gasteiger partial charge in [-0.05, 0) is 31.2 Å². The van der Waals surface area contributed by atoms with Gasteiger partial charge in [0.1, 0.15) is 5.82 Å². The number of amides is 1. The van der Waals surface area contributed by atoms with Crippen LogP contribution in [0.1, 0.15) is 17.3 Å². The van der Waals surface area contributed by atoms with Crippen LogP contribution in [0.15, 0.2) is 36.9 Å². The van der Waals surface area contributed by atoms with E-state index in [0.717, 1.165) is 0 Å². The third-order valence-electron chi connectivity index (χ3n) is 1.90. The zero-order valence-corrected chi connectivity index (χ0v) is 9.15. The first-order valence-electron chi connectivity index (χ1n) is 5.00. The molecule has 0 radical (unpaired) electrons. The van der Waals surface area contributed by atoms with Crippen molar-refractivity contribution in [3.8, 4) is 0 Å². The first kappa shape index (κ1) is 12.4. The predicted octanol–water partition coefficient (Wildman–Crippen LogP) is 2.41. The smallest absolute Gasteiger partial charge is 0.271 e. The van der Waals surface area contributed by atoms with E-state index in [0.29, 0.717) is 18.7 Å². The molecule has 0 aromatic heterocycles. The number of rotatable bonds is 5. The van der Waals surface area contributed by atoms with E-state index in [9.17, 15) is 9.18 Å². The first-order chi connectivity index (χ1) is 7.69. The second kappa shape index (κ2) is 6.02. The van der Waals surface area contributed by atoms with E-state index in [4.69, 9.17) is 4.84 Å². The zero-order chi connectivity index (χ0) is 12.0. The van der Waals surface area contributed by atoms with Crippen LogP contribution in [0, 0.1) is 5.82 Å². The van der Waals surface area contributed by atoms with E-state index in [-0.39, 0.29) is 11.7 Å². The van der Waals surface area contributed by atoms with Crippen LogP contribution in [0.5, 0.6) is 0 Å². The van der Waals surface area contributed by atoms with Crippen LogP contribution < -0.4 is 0 Å². The second-order valence-electron chi connectivity index (χ2n) is 3.08. The molecule has 3 nitrogen and oxygen atoms in total. The molecule has 0 saturated heterocycles. The van der Waals surface area contributed by atoms with Crippen LogP contribution in [0.3, 0.4) is 0 Å². The Morgan fingerprint density at radius 3 is 2.62 bits per heavy atom. The van der Waals surface area contributed by atoms with Gasteiger partial charge in [-0.2, -0.15) is 0 Å². The maximum atomic E-state index is 12.7. The molecule has 86 valence electrons. The van der Waals surface area contributed by atoms with Gasteiger partial charge >= 0.3 is 0 Å². The molecule has 0 bridgehead atoms. The van der Waals surface area contributed by atoms with E-state index in [1.807, 2.05) is 0 Å². The third kappa shape index (κ3) is 3.17. The van der Waals surface area contributed by atoms with Crippen molar-refractivity contribution in [3.05, 3.63) is 48.3 Å². The summed E-state index contributed by atoms with van der Waals surface area (Å²) in [5.74, 6) is -0.676. The molecule has 0 saturated carbocycles. The van der Waals surface area contributed by atoms with Gasteiger partial charge in [-0.25, -0.2) is 9.45 Å². The molecule has 16 heavy (non-hydrogen) atoms. The highest BCUT2D eigenvalue weighted by molar-refractivity contribution is 5.93. The van der Waals surface area contributed by atoms with E-state index in [1.165, 1.54) is 29.3 Å². The van der Waals surface area contributed by atoms with Gasteiger partial charge in [0, 0.05) is 5.56 Å². The highest BCUT2D eigenvalue weighted by Crippen LogP contribution is 2.07. The molecular weight excluding hydrogens is 209 g/mol. The van der Waals surface area contributed by atoms with Crippen molar-refractivity contribution in [1.82, 2.24) is 5.06 Å². The van der Waals surface area contributed by atoms with Crippen LogP contribution in [0.4, 0.5) is 4.39 Å². The van der Waals surface area contributed by atoms with Crippen molar-refractivity contribution in [2.45, 2.75) is 6.92 Å². The highest BCUT2D eigenvalue weighted by Gasteiger charge is 2.14. The fourth-order valence-electron chi connectivity index (χ4n) is 1.20. The third-order valence-corrected chi connectivity index (χ3v) is 1.90. The summed E-state index contributed by atoms with van der Waals surface area (Å²) in [6.45, 7) is 6.01. The standard InChI is InChI=1S/C12H14FNO2/c1-3-9-14(16-4-2)12(15)10-5-7-11(13)8-6-10/h3,5-8H,1,4,9H2,2H3. The summed E-state index contributed by atoms with van der Waals surface area (Å²) in [6, 6.07) is 5.33. The monoisotopic (exact) mass is 223 g/mol. The summed E-state index contributed by atoms with van der Waals surface area (Å²) in [6.07, 6.45) is 1.57. The van der Waals surface area contributed by atoms with E-state index in [1.54, 1.807) is 13.0 Å². The van der Waals surface area contributed by atoms with E-state index < -0.39 is 0 Å². The SMILES string of the molecule is C=CCN(OCC)C(=O)c1ccc(F)cc1. The van der Waals surface area contributed by atoms with Gasteiger partial charge in [0.15, 0.2) is 0 Å². The molecule has 1 rings (SSSR count). The topological polar surface area (TPSA) is 29.5 Å². The minimum Gasteiger partial charge on any atom is -0.271 e. The number of hydroxylamine groups is 2. The van der Waals surface area contributed by atoms with Crippen molar-refractivity contribution in [1.29, 1.82) is 0 Å². The largest absolute Gasteiger partial charge is 0.277 e. The number of hydrogen-bond acceptors (Lipinski definition) is 2. The first-order valence-corrected chi connectivity index (χ1v) is 5.00. The molecule has 0 aliphatic heterocycles. The second-order valence-corrected chi connectivity index (χ2v) is 3.08. The van der Waals surface area contributed by atoms with Crippen molar-refractivity contribution in [2.75, 3.05) is 13.2 Å². The molecule has 0 spiro atoms. The number of halogens is 1. The molecule has 0 atom stereocenters. The van der Waals surface area contributed by atoms with Crippen molar-refractivity contribution >= 4 is 5.91 Å². The Kier molecular flexibility index (Phi) is 4.66. The Bertz CT molecular complexity index is 362. The van der Waals surface area contributed by atoms with Gasteiger partial charge in [0.05, 0.1) is 13.2 Å². The summed E-state index contributed by atoms with van der Waals surface area (Å²) in [7, 11) is 0. The summed E-state index contributed by atoms with van der Waals surface area (Å²) in [4.78, 5) is 17.0. The molecule has 0 N–H and O–H groups in total. The van der Waals surface area contributed by atoms with Gasteiger partial charge in [0.25, 0.3) is 5.91 Å². The summed E-state index contributed by atoms with van der Waals surface area (Å²) < 4.78 is 12.7. The maximum Gasteiger partial charge on any atom is 0.277 e. The van der Waals surface area contributed by atoms with Gasteiger partial charge in [-0.3, -0.25) is 9.63 Å². The molecule has 1 aromatic rings. The summed E-state index contributed by atoms with van der Waals surface area (Å²) >= 11 is 0. The molecule has 0 aliphatic rings. The van der Waals surface area contributed by atoms with E-state index >= 15 is 0 Å². The van der Waals surface area contributed by atoms with Crippen molar-refractivity contribution in [2.24, 2.45) is 0 Å². The Labute approximate surface area is 94.1 Å². The lowest BCUT2D eigenvalue weighted by Crippen LogP contribution is -2.31. The highest BCUT2D eigenvalue weighted by atomic mass is 19.1. The summed E-state index contributed by atoms with van der Waals surface area (Å²) in [5, 5.41) is 1.19. The fourth-order valence-corrected chi connectivity index (χ4v) is 1.20. The minimum atomic E-state index is -0.372. The van der Waals surface area contributed by atoms with Gasteiger partial charge < -0.3 is 0 Å². The van der Waals surface area contributed by atoms with Crippen molar-refractivity contribution < 1.29 is 14.0 Å². The average molecular weight is 223 g/mol. The van der Waals surface area contributed by atoms with Crippen LogP contribution in [0.25, 0.3) is 0 Å². The number of hydrogen-bond donors (Lipinski definition) is 0. The number of carbonyl (C=O) groups excluding carboxylic acids is 1. The minimum absolute atomic E-state index is 0.296. The Morgan fingerprint density at radius 2 is 2.12 bits per heavy atom. The van der Waals surface area contributed by atoms with Crippen LogP contribution in [-0.4, -0.2) is 24.1 Å². The molecular formula is C12H14FNO2. The Hall–Kier alpha value is -1.68. The van der Waals surface area contributed by atoms with E-state index in [2.05, 4.69) is 6.58 Å². The quantitative estimate of drug-likeness (QED) is 0.566. The lowest BCUT2D eigenvalue weighted by atomic mass is 10.2. The number of benzene rings is 1. The maximum absolute atomic E-state index is 12.7. The van der Waals surface area contributed by atoms with Gasteiger partial charge in [-0.15, -0.1) is 6.58 Å². The van der Waals surface area contributed by atoms with Crippen LogP contribution >= 0.6 is 0 Å². The predicted molar refractivity (Wildman–Crippen MR) is 59.3 cm³/mol. The van der Waals surface area contributed by atoms with Gasteiger partial charge in [-0.1, -0.05) is 6.08 Å². The molecule has 0 aliphatic carbocycles. The van der Waals surface area contributed by atoms with Gasteiger partial charge in [0.2, 0.25) is 0 Å². The molecule has 1 aromatic carbocycles. The molecule has 0 heterocycles. The van der Waals surface area contributed by atoms with Crippen molar-refractivity contribution in [3.63, 3.8) is 0 Å². The molecule has 0 fully saturated rings. The summed E-state index contributed by atoms with van der Waals surface area (Å²) in [5.41, 5.74) is 0.386. The zero-order valence-electron chi connectivity index (χ0n) is 9.15. The van der Waals surface area contributed by atoms with Crippen LogP contribution in [-0.2, 0) is 4.84 Å². The average Bonchev–Trinajstić information content (AvgIpc) is 2.29. The number of carbonyl (C=O) groups is 1. The lowest BCUT2D eigenvalue weighted by molar-refractivity contribution is -0.111. The Morgan fingerprint density at radius 1 is 1.50 bits per heavy atom. The number of nitrogens with zero attached hydrogens (tertiary/aromatic N) is 1. The fraction of sp³-hybridized carbons (Fsp3) is 0.250.